The van der Waals surface area contributed by atoms with Gasteiger partial charge in [-0.25, -0.2) is 19.0 Å². The summed E-state index contributed by atoms with van der Waals surface area (Å²) in [5, 5.41) is 1.30. The van der Waals surface area contributed by atoms with E-state index >= 15 is 0 Å². The Morgan fingerprint density at radius 1 is 1.27 bits per heavy atom. The Kier molecular flexibility index (Phi) is 4.39. The second-order valence-electron chi connectivity index (χ2n) is 6.87. The van der Waals surface area contributed by atoms with Crippen LogP contribution in [0.15, 0.2) is 51.7 Å². The molecule has 1 saturated heterocycles. The van der Waals surface area contributed by atoms with Gasteiger partial charge in [0.15, 0.2) is 16.5 Å². The summed E-state index contributed by atoms with van der Waals surface area (Å²) in [6, 6.07) is 11.0. The molecule has 2 aromatic carbocycles. The molecule has 1 aliphatic rings. The maximum atomic E-state index is 13.3. The van der Waals surface area contributed by atoms with Gasteiger partial charge in [-0.05, 0) is 30.3 Å². The molecule has 2 aromatic heterocycles. The van der Waals surface area contributed by atoms with Crippen LogP contribution in [-0.2, 0) is 4.74 Å². The number of methoxy groups -OCH3 is 1. The van der Waals surface area contributed by atoms with Gasteiger partial charge in [-0.2, -0.15) is 0 Å². The van der Waals surface area contributed by atoms with Crippen LogP contribution in [0.1, 0.15) is 10.4 Å². The first-order valence-electron chi connectivity index (χ1n) is 9.15. The second kappa shape index (κ2) is 7.10. The molecule has 0 atom stereocenters. The molecule has 0 saturated carbocycles. The molecular weight excluding hydrogens is 411 g/mol. The van der Waals surface area contributed by atoms with Crippen molar-refractivity contribution in [3.63, 3.8) is 0 Å². The lowest BCUT2D eigenvalue weighted by atomic mass is 10.1. The zero-order valence-corrected chi connectivity index (χ0v) is 16.6. The van der Waals surface area contributed by atoms with Crippen molar-refractivity contribution < 1.29 is 23.1 Å². The van der Waals surface area contributed by atoms with E-state index in [4.69, 9.17) is 13.9 Å². The van der Waals surface area contributed by atoms with Crippen LogP contribution in [-0.4, -0.2) is 37.3 Å². The average Bonchev–Trinajstić information content (AvgIpc) is 3.11. The van der Waals surface area contributed by atoms with Crippen molar-refractivity contribution in [1.82, 2.24) is 4.98 Å². The molecule has 7 nitrogen and oxygen atoms in total. The van der Waals surface area contributed by atoms with E-state index in [1.807, 2.05) is 4.90 Å². The van der Waals surface area contributed by atoms with Crippen LogP contribution in [0.4, 0.5) is 9.52 Å². The fraction of sp³-hybridized carbons (Fsp3) is 0.190. The Morgan fingerprint density at radius 3 is 2.90 bits per heavy atom. The van der Waals surface area contributed by atoms with E-state index in [-0.39, 0.29) is 23.1 Å². The van der Waals surface area contributed by atoms with Crippen LogP contribution < -0.4 is 15.3 Å². The number of hydrogen-bond acceptors (Lipinski definition) is 8. The number of thiazole rings is 1. The lowest BCUT2D eigenvalue weighted by Gasteiger charge is -2.38. The van der Waals surface area contributed by atoms with Crippen LogP contribution in [0.25, 0.3) is 21.2 Å². The summed E-state index contributed by atoms with van der Waals surface area (Å²) in [7, 11) is 1.47. The number of esters is 1. The Labute approximate surface area is 173 Å². The number of fused-ring (bicyclic) bond motifs is 2. The third-order valence-corrected chi connectivity index (χ3v) is 5.97. The summed E-state index contributed by atoms with van der Waals surface area (Å²) in [6.07, 6.45) is -0.373. The molecule has 0 spiro atoms. The zero-order valence-electron chi connectivity index (χ0n) is 15.8. The zero-order chi connectivity index (χ0) is 20.8. The van der Waals surface area contributed by atoms with E-state index in [1.165, 1.54) is 36.6 Å². The van der Waals surface area contributed by atoms with Gasteiger partial charge < -0.3 is 18.8 Å². The van der Waals surface area contributed by atoms with Crippen molar-refractivity contribution in [2.24, 2.45) is 0 Å². The number of hydrogen-bond donors (Lipinski definition) is 0. The number of anilines is 1. The van der Waals surface area contributed by atoms with Crippen molar-refractivity contribution in [3.05, 3.63) is 64.3 Å². The van der Waals surface area contributed by atoms with E-state index in [0.29, 0.717) is 24.2 Å². The number of para-hydroxylation sites is 1. The number of halogens is 1. The standard InChI is InChI=1S/C21H15FN2O5S/c1-27-16-4-2-3-11-7-14(20(26)29-18(11)16)19(25)28-13-9-24(10-13)21-23-15-6-5-12(22)8-17(15)30-21/h2-8,13H,9-10H2,1H3. The van der Waals surface area contributed by atoms with Gasteiger partial charge in [0.25, 0.3) is 0 Å². The predicted molar refractivity (Wildman–Crippen MR) is 110 cm³/mol. The van der Waals surface area contributed by atoms with Crippen molar-refractivity contribution in [1.29, 1.82) is 0 Å². The van der Waals surface area contributed by atoms with Gasteiger partial charge in [0.05, 0.1) is 30.4 Å². The first kappa shape index (κ1) is 18.6. The fourth-order valence-corrected chi connectivity index (χ4v) is 4.33. The number of carbonyl (C=O) groups excluding carboxylic acids is 1. The monoisotopic (exact) mass is 426 g/mol. The normalized spacial score (nSPS) is 14.1. The summed E-state index contributed by atoms with van der Waals surface area (Å²) in [6.45, 7) is 0.890. The molecule has 1 fully saturated rings. The Balaban J connectivity index is 1.29. The molecule has 0 unspecified atom stereocenters. The molecule has 0 radical (unpaired) electrons. The highest BCUT2D eigenvalue weighted by Crippen LogP contribution is 2.32. The topological polar surface area (TPSA) is 81.9 Å². The minimum atomic E-state index is -0.777. The Morgan fingerprint density at radius 2 is 2.10 bits per heavy atom. The van der Waals surface area contributed by atoms with E-state index in [2.05, 4.69) is 4.98 Å². The van der Waals surface area contributed by atoms with E-state index in [9.17, 15) is 14.0 Å². The second-order valence-corrected chi connectivity index (χ2v) is 7.88. The quantitative estimate of drug-likeness (QED) is 0.364. The maximum Gasteiger partial charge on any atom is 0.351 e. The minimum Gasteiger partial charge on any atom is -0.493 e. The van der Waals surface area contributed by atoms with Crippen LogP contribution in [0, 0.1) is 5.82 Å². The van der Waals surface area contributed by atoms with E-state index < -0.39 is 11.6 Å². The average molecular weight is 426 g/mol. The largest absolute Gasteiger partial charge is 0.493 e. The van der Waals surface area contributed by atoms with Crippen molar-refractivity contribution >= 4 is 43.6 Å². The lowest BCUT2D eigenvalue weighted by molar-refractivity contribution is 0.0230. The summed E-state index contributed by atoms with van der Waals surface area (Å²) < 4.78 is 30.0. The first-order valence-corrected chi connectivity index (χ1v) is 9.96. The predicted octanol–water partition coefficient (Wildman–Crippen LogP) is 3.60. The van der Waals surface area contributed by atoms with Gasteiger partial charge in [-0.1, -0.05) is 23.5 Å². The lowest BCUT2D eigenvalue weighted by Crippen LogP contribution is -2.53. The summed E-state index contributed by atoms with van der Waals surface area (Å²) in [5.74, 6) is -0.626. The highest BCUT2D eigenvalue weighted by atomic mass is 32.1. The number of aromatic nitrogens is 1. The SMILES string of the molecule is COc1cccc2cc(C(=O)OC3CN(c4nc5ccc(F)cc5s4)C3)c(=O)oc12. The van der Waals surface area contributed by atoms with Crippen molar-refractivity contribution in [2.75, 3.05) is 25.1 Å². The van der Waals surface area contributed by atoms with Gasteiger partial charge in [-0.3, -0.25) is 0 Å². The third kappa shape index (κ3) is 3.17. The molecule has 1 aliphatic heterocycles. The molecule has 9 heteroatoms. The van der Waals surface area contributed by atoms with Gasteiger partial charge >= 0.3 is 11.6 Å². The van der Waals surface area contributed by atoms with Gasteiger partial charge in [0.1, 0.15) is 17.5 Å². The molecule has 3 heterocycles. The Bertz CT molecular complexity index is 1340. The molecule has 4 aromatic rings. The van der Waals surface area contributed by atoms with Crippen molar-refractivity contribution in [3.8, 4) is 5.75 Å². The number of rotatable bonds is 4. The molecule has 152 valence electrons. The smallest absolute Gasteiger partial charge is 0.351 e. The number of ether oxygens (including phenoxy) is 2. The van der Waals surface area contributed by atoms with E-state index in [0.717, 1.165) is 15.3 Å². The number of carbonyl (C=O) groups is 1. The number of nitrogens with zero attached hydrogens (tertiary/aromatic N) is 2. The first-order chi connectivity index (χ1) is 14.5. The van der Waals surface area contributed by atoms with Gasteiger partial charge in [0, 0.05) is 5.39 Å². The third-order valence-electron chi connectivity index (χ3n) is 4.90. The van der Waals surface area contributed by atoms with Crippen LogP contribution in [0.3, 0.4) is 0 Å². The van der Waals surface area contributed by atoms with Gasteiger partial charge in [0.2, 0.25) is 0 Å². The van der Waals surface area contributed by atoms with Gasteiger partial charge in [-0.15, -0.1) is 0 Å². The Hall–Kier alpha value is -3.46. The summed E-state index contributed by atoms with van der Waals surface area (Å²) in [5.41, 5.74) is 0.0655. The van der Waals surface area contributed by atoms with Crippen LogP contribution in [0.2, 0.25) is 0 Å². The van der Waals surface area contributed by atoms with Crippen LogP contribution in [0.5, 0.6) is 5.75 Å². The van der Waals surface area contributed by atoms with Crippen LogP contribution >= 0.6 is 11.3 Å². The molecule has 0 bridgehead atoms. The molecule has 5 rings (SSSR count). The highest BCUT2D eigenvalue weighted by molar-refractivity contribution is 7.22. The maximum absolute atomic E-state index is 13.3. The molecule has 30 heavy (non-hydrogen) atoms. The fourth-order valence-electron chi connectivity index (χ4n) is 3.33. The summed E-state index contributed by atoms with van der Waals surface area (Å²) in [4.78, 5) is 31.2. The molecular formula is C21H15FN2O5S. The number of benzene rings is 2. The van der Waals surface area contributed by atoms with E-state index in [1.54, 1.807) is 24.3 Å². The molecule has 0 amide bonds. The molecule has 0 N–H and O–H groups in total. The summed E-state index contributed by atoms with van der Waals surface area (Å²) >= 11 is 1.38. The van der Waals surface area contributed by atoms with Crippen molar-refractivity contribution in [2.45, 2.75) is 6.10 Å². The minimum absolute atomic E-state index is 0.162. The highest BCUT2D eigenvalue weighted by Gasteiger charge is 2.33. The molecule has 0 aliphatic carbocycles.